The lowest BCUT2D eigenvalue weighted by atomic mass is 10.0. The first-order valence-corrected chi connectivity index (χ1v) is 12.7. The number of hydrogen-bond donors (Lipinski definition) is 3. The fourth-order valence-electron chi connectivity index (χ4n) is 4.40. The van der Waals surface area contributed by atoms with E-state index in [9.17, 15) is 23.1 Å². The van der Waals surface area contributed by atoms with E-state index in [-0.39, 0.29) is 5.69 Å². The van der Waals surface area contributed by atoms with E-state index in [4.69, 9.17) is 0 Å². The van der Waals surface area contributed by atoms with E-state index in [1.54, 1.807) is 41.1 Å². The van der Waals surface area contributed by atoms with Gasteiger partial charge in [-0.1, -0.05) is 48.5 Å². The molecule has 7 nitrogen and oxygen atoms in total. The molecular weight excluding hydrogens is 531 g/mol. The second-order valence-corrected chi connectivity index (χ2v) is 9.41. The van der Waals surface area contributed by atoms with Gasteiger partial charge in [0.05, 0.1) is 23.0 Å². The number of hydrogen-bond acceptors (Lipinski definition) is 5. The Kier molecular flexibility index (Phi) is 7.95. The number of rotatable bonds is 9. The summed E-state index contributed by atoms with van der Waals surface area (Å²) in [4.78, 5) is 21.4. The van der Waals surface area contributed by atoms with Crippen LogP contribution in [0.15, 0.2) is 102 Å². The number of nitrogens with zero attached hydrogens (tertiary/aromatic N) is 3. The van der Waals surface area contributed by atoms with Gasteiger partial charge in [-0.05, 0) is 65.4 Å². The number of aliphatic hydroxyl groups excluding tert-OH is 1. The summed E-state index contributed by atoms with van der Waals surface area (Å²) in [6, 6.07) is 22.9. The Balaban J connectivity index is 1.26. The summed E-state index contributed by atoms with van der Waals surface area (Å²) in [5, 5.41) is 16.3. The standard InChI is InChI=1S/C31H26F3N5O2/c1-35-26-16-23(22-8-5-9-24(15-22)31(32,33)34)10-11-25(26)38-30(41)27-19-39-13-12-20(14-29(39)37-27)17-36-18-28(40)21-6-3-2-4-7-21/h2-16,19,28,36,40H,1,17-18H2,(H,38,41). The van der Waals surface area contributed by atoms with Gasteiger partial charge in [0.15, 0.2) is 0 Å². The van der Waals surface area contributed by atoms with Crippen molar-refractivity contribution < 1.29 is 23.1 Å². The molecule has 5 aromatic rings. The predicted molar refractivity (Wildman–Crippen MR) is 152 cm³/mol. The molecule has 0 spiro atoms. The molecule has 3 N–H and O–H groups in total. The molecule has 208 valence electrons. The molecule has 3 aromatic carbocycles. The topological polar surface area (TPSA) is 91.0 Å². The summed E-state index contributed by atoms with van der Waals surface area (Å²) >= 11 is 0. The van der Waals surface area contributed by atoms with Crippen molar-refractivity contribution in [2.45, 2.75) is 18.8 Å². The zero-order chi connectivity index (χ0) is 29.0. The van der Waals surface area contributed by atoms with Crippen LogP contribution in [0.1, 0.15) is 33.3 Å². The number of anilines is 1. The van der Waals surface area contributed by atoms with Crippen LogP contribution in [0.2, 0.25) is 0 Å². The van der Waals surface area contributed by atoms with Gasteiger partial charge in [0, 0.05) is 25.5 Å². The second-order valence-electron chi connectivity index (χ2n) is 9.41. The van der Waals surface area contributed by atoms with Gasteiger partial charge in [-0.25, -0.2) is 4.98 Å². The van der Waals surface area contributed by atoms with Gasteiger partial charge in [0.2, 0.25) is 0 Å². The molecule has 0 fully saturated rings. The molecule has 1 atom stereocenters. The Morgan fingerprint density at radius 2 is 1.78 bits per heavy atom. The van der Waals surface area contributed by atoms with E-state index in [0.29, 0.717) is 41.2 Å². The summed E-state index contributed by atoms with van der Waals surface area (Å²) in [6.45, 7) is 4.42. The number of alkyl halides is 3. The smallest absolute Gasteiger partial charge is 0.387 e. The number of carbonyl (C=O) groups is 1. The zero-order valence-electron chi connectivity index (χ0n) is 21.8. The van der Waals surface area contributed by atoms with Crippen molar-refractivity contribution >= 4 is 29.6 Å². The van der Waals surface area contributed by atoms with Crippen molar-refractivity contribution in [1.29, 1.82) is 0 Å². The molecule has 0 aliphatic rings. The van der Waals surface area contributed by atoms with E-state index in [2.05, 4.69) is 27.3 Å². The summed E-state index contributed by atoms with van der Waals surface area (Å²) in [5.74, 6) is -0.476. The maximum Gasteiger partial charge on any atom is 0.416 e. The minimum absolute atomic E-state index is 0.173. The largest absolute Gasteiger partial charge is 0.416 e. The van der Waals surface area contributed by atoms with Crippen molar-refractivity contribution in [1.82, 2.24) is 14.7 Å². The van der Waals surface area contributed by atoms with Crippen LogP contribution in [0.5, 0.6) is 0 Å². The number of aromatic nitrogens is 2. The van der Waals surface area contributed by atoms with Crippen LogP contribution in [0.4, 0.5) is 24.5 Å². The van der Waals surface area contributed by atoms with E-state index in [1.165, 1.54) is 6.07 Å². The maximum absolute atomic E-state index is 13.1. The van der Waals surface area contributed by atoms with Crippen LogP contribution in [-0.2, 0) is 12.7 Å². The molecule has 2 heterocycles. The number of nitrogens with one attached hydrogen (secondary N) is 2. The lowest BCUT2D eigenvalue weighted by Crippen LogP contribution is -2.21. The van der Waals surface area contributed by atoms with Crippen LogP contribution in [0, 0.1) is 0 Å². The first-order chi connectivity index (χ1) is 19.7. The summed E-state index contributed by atoms with van der Waals surface area (Å²) in [5.41, 5.74) is 3.27. The monoisotopic (exact) mass is 557 g/mol. The molecule has 10 heteroatoms. The number of benzene rings is 3. The third kappa shape index (κ3) is 6.51. The number of aliphatic hydroxyl groups is 1. The second kappa shape index (κ2) is 11.7. The third-order valence-corrected chi connectivity index (χ3v) is 6.55. The minimum Gasteiger partial charge on any atom is -0.387 e. The molecule has 1 amide bonds. The predicted octanol–water partition coefficient (Wildman–Crippen LogP) is 6.43. The molecular formula is C31H26F3N5O2. The first kappa shape index (κ1) is 27.8. The molecule has 0 aliphatic heterocycles. The molecule has 0 saturated carbocycles. The average molecular weight is 558 g/mol. The van der Waals surface area contributed by atoms with Gasteiger partial charge in [-0.15, -0.1) is 0 Å². The van der Waals surface area contributed by atoms with Crippen molar-refractivity contribution in [3.63, 3.8) is 0 Å². The van der Waals surface area contributed by atoms with Crippen LogP contribution >= 0.6 is 0 Å². The fraction of sp³-hybridized carbons (Fsp3) is 0.129. The number of pyridine rings is 1. The molecule has 0 radical (unpaired) electrons. The van der Waals surface area contributed by atoms with Crippen LogP contribution in [-0.4, -0.2) is 33.7 Å². The summed E-state index contributed by atoms with van der Waals surface area (Å²) in [7, 11) is 0. The van der Waals surface area contributed by atoms with Gasteiger partial charge in [0.25, 0.3) is 5.91 Å². The SMILES string of the molecule is C=Nc1cc(-c2cccc(C(F)(F)F)c2)ccc1NC(=O)c1cn2ccc(CNCC(O)c3ccccc3)cc2n1. The molecule has 0 bridgehead atoms. The molecule has 0 saturated heterocycles. The van der Waals surface area contributed by atoms with Crippen molar-refractivity contribution in [3.05, 3.63) is 120 Å². The highest BCUT2D eigenvalue weighted by Crippen LogP contribution is 2.35. The van der Waals surface area contributed by atoms with E-state index >= 15 is 0 Å². The molecule has 2 aromatic heterocycles. The highest BCUT2D eigenvalue weighted by molar-refractivity contribution is 6.05. The number of fused-ring (bicyclic) bond motifs is 1. The number of imidazole rings is 1. The molecule has 41 heavy (non-hydrogen) atoms. The quantitative estimate of drug-likeness (QED) is 0.182. The highest BCUT2D eigenvalue weighted by Gasteiger charge is 2.30. The van der Waals surface area contributed by atoms with Gasteiger partial charge < -0.3 is 20.1 Å². The van der Waals surface area contributed by atoms with Crippen molar-refractivity contribution in [3.8, 4) is 11.1 Å². The normalized spacial score (nSPS) is 12.3. The summed E-state index contributed by atoms with van der Waals surface area (Å²) in [6.07, 6.45) is -1.70. The number of halogens is 3. The average Bonchev–Trinajstić information content (AvgIpc) is 3.41. The maximum atomic E-state index is 13.1. The summed E-state index contributed by atoms with van der Waals surface area (Å²) < 4.78 is 41.2. The number of amides is 1. The van der Waals surface area contributed by atoms with Gasteiger partial charge in [-0.2, -0.15) is 13.2 Å². The van der Waals surface area contributed by atoms with E-state index in [1.807, 2.05) is 42.5 Å². The van der Waals surface area contributed by atoms with E-state index in [0.717, 1.165) is 23.3 Å². The Bertz CT molecular complexity index is 1700. The van der Waals surface area contributed by atoms with E-state index < -0.39 is 23.8 Å². The zero-order valence-corrected chi connectivity index (χ0v) is 21.8. The highest BCUT2D eigenvalue weighted by atomic mass is 19.4. The Morgan fingerprint density at radius 1 is 1.00 bits per heavy atom. The number of aliphatic imine (C=N–C) groups is 1. The van der Waals surface area contributed by atoms with Gasteiger partial charge in [0.1, 0.15) is 11.3 Å². The molecule has 0 aliphatic carbocycles. The third-order valence-electron chi connectivity index (χ3n) is 6.55. The Morgan fingerprint density at radius 3 is 2.54 bits per heavy atom. The first-order valence-electron chi connectivity index (χ1n) is 12.7. The van der Waals surface area contributed by atoms with Crippen molar-refractivity contribution in [2.75, 3.05) is 11.9 Å². The fourth-order valence-corrected chi connectivity index (χ4v) is 4.40. The minimum atomic E-state index is -4.46. The molecule has 5 rings (SSSR count). The van der Waals surface area contributed by atoms with Gasteiger partial charge >= 0.3 is 6.18 Å². The van der Waals surface area contributed by atoms with Crippen LogP contribution in [0.3, 0.4) is 0 Å². The van der Waals surface area contributed by atoms with Gasteiger partial charge in [-0.3, -0.25) is 9.79 Å². The van der Waals surface area contributed by atoms with Crippen molar-refractivity contribution in [2.24, 2.45) is 4.99 Å². The Hall–Kier alpha value is -4.80. The van der Waals surface area contributed by atoms with Crippen LogP contribution < -0.4 is 10.6 Å². The molecule has 1 unspecified atom stereocenters. The number of carbonyl (C=O) groups excluding carboxylic acids is 1. The van der Waals surface area contributed by atoms with Crippen LogP contribution in [0.25, 0.3) is 16.8 Å². The Labute approximate surface area is 234 Å². The lowest BCUT2D eigenvalue weighted by molar-refractivity contribution is -0.137. The lowest BCUT2D eigenvalue weighted by Gasteiger charge is -2.12.